The Morgan fingerprint density at radius 2 is 1.80 bits per heavy atom. The minimum absolute atomic E-state index is 0.0647. The van der Waals surface area contributed by atoms with Crippen molar-refractivity contribution in [3.63, 3.8) is 0 Å². The molecular formula is C15H21NO4. The van der Waals surface area contributed by atoms with Crippen molar-refractivity contribution >= 4 is 11.9 Å². The minimum Gasteiger partial charge on any atom is -0.484 e. The molecule has 1 rings (SSSR count). The lowest BCUT2D eigenvalue weighted by Gasteiger charge is -2.16. The molecule has 0 aliphatic heterocycles. The van der Waals surface area contributed by atoms with Gasteiger partial charge in [-0.1, -0.05) is 19.1 Å². The SMILES string of the molecule is CCOC(=O)CN(C)C(=O)COc1ccc(CC)cc1. The summed E-state index contributed by atoms with van der Waals surface area (Å²) < 4.78 is 10.2. The van der Waals surface area contributed by atoms with Crippen LogP contribution in [0.15, 0.2) is 24.3 Å². The minimum atomic E-state index is -0.421. The molecule has 0 saturated carbocycles. The van der Waals surface area contributed by atoms with Gasteiger partial charge in [0, 0.05) is 7.05 Å². The number of nitrogens with zero attached hydrogens (tertiary/aromatic N) is 1. The fourth-order valence-electron chi connectivity index (χ4n) is 1.57. The van der Waals surface area contributed by atoms with Gasteiger partial charge < -0.3 is 14.4 Å². The third kappa shape index (κ3) is 5.30. The van der Waals surface area contributed by atoms with Gasteiger partial charge in [-0.15, -0.1) is 0 Å². The van der Waals surface area contributed by atoms with Gasteiger partial charge in [-0.3, -0.25) is 9.59 Å². The second kappa shape index (κ2) is 8.19. The summed E-state index contributed by atoms with van der Waals surface area (Å²) in [6.45, 7) is 3.94. The molecule has 0 fully saturated rings. The Labute approximate surface area is 119 Å². The number of hydrogen-bond donors (Lipinski definition) is 0. The Morgan fingerprint density at radius 3 is 2.35 bits per heavy atom. The monoisotopic (exact) mass is 279 g/mol. The molecule has 0 spiro atoms. The number of ether oxygens (including phenoxy) is 2. The summed E-state index contributed by atoms with van der Waals surface area (Å²) in [7, 11) is 1.54. The highest BCUT2D eigenvalue weighted by Gasteiger charge is 2.14. The molecule has 5 heteroatoms. The summed E-state index contributed by atoms with van der Waals surface area (Å²) in [6, 6.07) is 7.58. The number of aryl methyl sites for hydroxylation is 1. The smallest absolute Gasteiger partial charge is 0.325 e. The van der Waals surface area contributed by atoms with Gasteiger partial charge >= 0.3 is 5.97 Å². The number of esters is 1. The molecule has 0 atom stereocenters. The maximum absolute atomic E-state index is 11.8. The largest absolute Gasteiger partial charge is 0.484 e. The van der Waals surface area contributed by atoms with Gasteiger partial charge in [0.25, 0.3) is 5.91 Å². The van der Waals surface area contributed by atoms with Gasteiger partial charge in [-0.05, 0) is 31.0 Å². The van der Waals surface area contributed by atoms with Crippen molar-refractivity contribution in [1.29, 1.82) is 0 Å². The lowest BCUT2D eigenvalue weighted by Crippen LogP contribution is -2.36. The van der Waals surface area contributed by atoms with Crippen LogP contribution in [0.3, 0.4) is 0 Å². The highest BCUT2D eigenvalue weighted by molar-refractivity contribution is 5.82. The maximum atomic E-state index is 11.8. The number of carbonyl (C=O) groups excluding carboxylic acids is 2. The highest BCUT2D eigenvalue weighted by atomic mass is 16.5. The number of likely N-dealkylation sites (N-methyl/N-ethyl adjacent to an activating group) is 1. The molecule has 0 saturated heterocycles. The fourth-order valence-corrected chi connectivity index (χ4v) is 1.57. The predicted octanol–water partition coefficient (Wildman–Crippen LogP) is 1.65. The van der Waals surface area contributed by atoms with Crippen molar-refractivity contribution in [3.05, 3.63) is 29.8 Å². The van der Waals surface area contributed by atoms with Gasteiger partial charge in [0.1, 0.15) is 12.3 Å². The van der Waals surface area contributed by atoms with Crippen LogP contribution in [0.4, 0.5) is 0 Å². The van der Waals surface area contributed by atoms with Crippen molar-refractivity contribution in [3.8, 4) is 5.75 Å². The summed E-state index contributed by atoms with van der Waals surface area (Å²) in [6.07, 6.45) is 0.960. The van der Waals surface area contributed by atoms with Crippen molar-refractivity contribution in [2.24, 2.45) is 0 Å². The van der Waals surface area contributed by atoms with Crippen LogP contribution < -0.4 is 4.74 Å². The summed E-state index contributed by atoms with van der Waals surface area (Å²) in [5.74, 6) is -0.0478. The number of carbonyl (C=O) groups is 2. The van der Waals surface area contributed by atoms with Crippen LogP contribution in [0.1, 0.15) is 19.4 Å². The molecule has 0 N–H and O–H groups in total. The molecule has 110 valence electrons. The first-order chi connectivity index (χ1) is 9.56. The first kappa shape index (κ1) is 16.0. The number of hydrogen-bond acceptors (Lipinski definition) is 4. The summed E-state index contributed by atoms with van der Waals surface area (Å²) >= 11 is 0. The van der Waals surface area contributed by atoms with E-state index in [1.165, 1.54) is 10.5 Å². The second-order valence-corrected chi connectivity index (χ2v) is 4.34. The number of benzene rings is 1. The molecule has 0 aliphatic rings. The molecule has 1 aromatic rings. The van der Waals surface area contributed by atoms with Crippen LogP contribution in [0, 0.1) is 0 Å². The van der Waals surface area contributed by atoms with Crippen LogP contribution in [0.25, 0.3) is 0 Å². The Bertz CT molecular complexity index is 442. The molecule has 20 heavy (non-hydrogen) atoms. The molecule has 5 nitrogen and oxygen atoms in total. The van der Waals surface area contributed by atoms with E-state index in [9.17, 15) is 9.59 Å². The van der Waals surface area contributed by atoms with E-state index in [2.05, 4.69) is 6.92 Å². The molecule has 0 aliphatic carbocycles. The molecule has 0 aromatic heterocycles. The molecule has 1 aromatic carbocycles. The normalized spacial score (nSPS) is 9.95. The predicted molar refractivity (Wildman–Crippen MR) is 75.6 cm³/mol. The zero-order valence-corrected chi connectivity index (χ0v) is 12.2. The zero-order valence-electron chi connectivity index (χ0n) is 12.2. The first-order valence-electron chi connectivity index (χ1n) is 6.68. The van der Waals surface area contributed by atoms with E-state index in [-0.39, 0.29) is 19.1 Å². The fraction of sp³-hybridized carbons (Fsp3) is 0.467. The lowest BCUT2D eigenvalue weighted by molar-refractivity contribution is -0.148. The Kier molecular flexibility index (Phi) is 6.56. The lowest BCUT2D eigenvalue weighted by atomic mass is 10.2. The van der Waals surface area contributed by atoms with E-state index in [1.807, 2.05) is 24.3 Å². The summed E-state index contributed by atoms with van der Waals surface area (Å²) in [4.78, 5) is 24.3. The van der Waals surface area contributed by atoms with Crippen molar-refractivity contribution < 1.29 is 19.1 Å². The van der Waals surface area contributed by atoms with Crippen molar-refractivity contribution in [2.75, 3.05) is 26.8 Å². The molecule has 1 amide bonds. The quantitative estimate of drug-likeness (QED) is 0.712. The average molecular weight is 279 g/mol. The van der Waals surface area contributed by atoms with Crippen LogP contribution >= 0.6 is 0 Å². The van der Waals surface area contributed by atoms with Crippen LogP contribution in [0.5, 0.6) is 5.75 Å². The third-order valence-electron chi connectivity index (χ3n) is 2.79. The van der Waals surface area contributed by atoms with Gasteiger partial charge in [0.15, 0.2) is 6.61 Å². The first-order valence-corrected chi connectivity index (χ1v) is 6.68. The summed E-state index contributed by atoms with van der Waals surface area (Å²) in [5, 5.41) is 0. The van der Waals surface area contributed by atoms with Gasteiger partial charge in [0.05, 0.1) is 6.61 Å². The van der Waals surface area contributed by atoms with Gasteiger partial charge in [-0.25, -0.2) is 0 Å². The highest BCUT2D eigenvalue weighted by Crippen LogP contribution is 2.12. The van der Waals surface area contributed by atoms with E-state index in [0.29, 0.717) is 12.4 Å². The Balaban J connectivity index is 2.39. The topological polar surface area (TPSA) is 55.8 Å². The van der Waals surface area contributed by atoms with E-state index in [4.69, 9.17) is 9.47 Å². The van der Waals surface area contributed by atoms with E-state index in [1.54, 1.807) is 14.0 Å². The summed E-state index contributed by atoms with van der Waals surface area (Å²) in [5.41, 5.74) is 1.21. The second-order valence-electron chi connectivity index (χ2n) is 4.34. The molecular weight excluding hydrogens is 258 g/mol. The Hall–Kier alpha value is -2.04. The Morgan fingerprint density at radius 1 is 1.15 bits per heavy atom. The van der Waals surface area contributed by atoms with Gasteiger partial charge in [0.2, 0.25) is 0 Å². The number of rotatable bonds is 7. The average Bonchev–Trinajstić information content (AvgIpc) is 2.45. The van der Waals surface area contributed by atoms with Crippen LogP contribution in [-0.4, -0.2) is 43.6 Å². The third-order valence-corrected chi connectivity index (χ3v) is 2.79. The van der Waals surface area contributed by atoms with E-state index >= 15 is 0 Å². The molecule has 0 heterocycles. The molecule has 0 radical (unpaired) electrons. The van der Waals surface area contributed by atoms with Crippen molar-refractivity contribution in [2.45, 2.75) is 20.3 Å². The van der Waals surface area contributed by atoms with Gasteiger partial charge in [-0.2, -0.15) is 0 Å². The number of amides is 1. The molecule has 0 bridgehead atoms. The zero-order chi connectivity index (χ0) is 15.0. The van der Waals surface area contributed by atoms with E-state index < -0.39 is 5.97 Å². The standard InChI is InChI=1S/C15H21NO4/c1-4-12-6-8-13(9-7-12)20-11-14(17)16(3)10-15(18)19-5-2/h6-9H,4-5,10-11H2,1-3H3. The molecule has 0 unspecified atom stereocenters. The van der Waals surface area contributed by atoms with Crippen LogP contribution in [0.2, 0.25) is 0 Å². The maximum Gasteiger partial charge on any atom is 0.325 e. The van der Waals surface area contributed by atoms with Crippen LogP contribution in [-0.2, 0) is 20.7 Å². The van der Waals surface area contributed by atoms with E-state index in [0.717, 1.165) is 6.42 Å². The van der Waals surface area contributed by atoms with Crippen molar-refractivity contribution in [1.82, 2.24) is 4.90 Å².